The molecule has 0 saturated carbocycles. The quantitative estimate of drug-likeness (QED) is 0.732. The zero-order chi connectivity index (χ0) is 21.1. The minimum atomic E-state index is -0.188. The first-order chi connectivity index (χ1) is 14.6. The highest BCUT2D eigenvalue weighted by Crippen LogP contribution is 2.26. The largest absolute Gasteiger partial charge is 0.469 e. The fraction of sp³-hybridized carbons (Fsp3) is 0.458. The first-order valence-corrected chi connectivity index (χ1v) is 10.7. The molecular weight excluding hydrogens is 380 g/mol. The molecule has 0 radical (unpaired) electrons. The van der Waals surface area contributed by atoms with Crippen molar-refractivity contribution >= 4 is 28.6 Å². The molecule has 4 rings (SSSR count). The standard InChI is InChI=1S/C24H28N2O4/c1-30-24(29)18-11-14-25(15-12-18)22(27)19-8-5-13-26(16-19)23(28)21-10-4-7-17-6-2-3-9-20(17)21/h2-4,6-7,9-10,18-19H,5,8,11-16H2,1H3. The third-order valence-electron chi connectivity index (χ3n) is 6.42. The normalized spacial score (nSPS) is 20.2. The van der Waals surface area contributed by atoms with Gasteiger partial charge < -0.3 is 14.5 Å². The molecule has 6 nitrogen and oxygen atoms in total. The van der Waals surface area contributed by atoms with Gasteiger partial charge in [0, 0.05) is 31.7 Å². The van der Waals surface area contributed by atoms with Gasteiger partial charge >= 0.3 is 5.97 Å². The topological polar surface area (TPSA) is 66.9 Å². The number of benzene rings is 2. The van der Waals surface area contributed by atoms with E-state index in [0.717, 1.165) is 23.6 Å². The van der Waals surface area contributed by atoms with E-state index in [9.17, 15) is 14.4 Å². The van der Waals surface area contributed by atoms with E-state index in [4.69, 9.17) is 4.74 Å². The first kappa shape index (κ1) is 20.4. The number of nitrogens with zero attached hydrogens (tertiary/aromatic N) is 2. The molecule has 2 aliphatic rings. The molecule has 2 amide bonds. The van der Waals surface area contributed by atoms with Gasteiger partial charge in [-0.1, -0.05) is 36.4 Å². The molecule has 2 aromatic carbocycles. The number of hydrogen-bond acceptors (Lipinski definition) is 4. The van der Waals surface area contributed by atoms with Crippen molar-refractivity contribution in [1.29, 1.82) is 0 Å². The number of rotatable bonds is 3. The van der Waals surface area contributed by atoms with Gasteiger partial charge in [-0.2, -0.15) is 0 Å². The lowest BCUT2D eigenvalue weighted by atomic mass is 9.92. The van der Waals surface area contributed by atoms with Gasteiger partial charge in [-0.25, -0.2) is 0 Å². The summed E-state index contributed by atoms with van der Waals surface area (Å²) in [7, 11) is 1.41. The van der Waals surface area contributed by atoms with E-state index in [1.54, 1.807) is 0 Å². The Kier molecular flexibility index (Phi) is 6.02. The lowest BCUT2D eigenvalue weighted by Gasteiger charge is -2.37. The fourth-order valence-corrected chi connectivity index (χ4v) is 4.71. The minimum Gasteiger partial charge on any atom is -0.469 e. The van der Waals surface area contributed by atoms with E-state index in [2.05, 4.69) is 0 Å². The van der Waals surface area contributed by atoms with Crippen LogP contribution < -0.4 is 0 Å². The SMILES string of the molecule is COC(=O)C1CCN(C(=O)C2CCCN(C(=O)c3cccc4ccccc34)C2)CC1. The Morgan fingerprint density at radius 3 is 2.37 bits per heavy atom. The molecule has 0 aliphatic carbocycles. The summed E-state index contributed by atoms with van der Waals surface area (Å²) >= 11 is 0. The lowest BCUT2D eigenvalue weighted by molar-refractivity contribution is -0.150. The molecule has 158 valence electrons. The Morgan fingerprint density at radius 2 is 1.60 bits per heavy atom. The number of amides is 2. The second-order valence-corrected chi connectivity index (χ2v) is 8.24. The fourth-order valence-electron chi connectivity index (χ4n) is 4.71. The number of fused-ring (bicyclic) bond motifs is 1. The van der Waals surface area contributed by atoms with Crippen LogP contribution in [0.15, 0.2) is 42.5 Å². The molecule has 2 fully saturated rings. The zero-order valence-electron chi connectivity index (χ0n) is 17.4. The van der Waals surface area contributed by atoms with Gasteiger partial charge in [-0.05, 0) is 42.5 Å². The summed E-state index contributed by atoms with van der Waals surface area (Å²) in [6.07, 6.45) is 2.91. The van der Waals surface area contributed by atoms with E-state index < -0.39 is 0 Å². The smallest absolute Gasteiger partial charge is 0.308 e. The van der Waals surface area contributed by atoms with Gasteiger partial charge in [0.15, 0.2) is 0 Å². The Labute approximate surface area is 176 Å². The summed E-state index contributed by atoms with van der Waals surface area (Å²) in [5, 5.41) is 1.99. The van der Waals surface area contributed by atoms with Crippen LogP contribution in [0.2, 0.25) is 0 Å². The third-order valence-corrected chi connectivity index (χ3v) is 6.42. The Balaban J connectivity index is 1.42. The van der Waals surface area contributed by atoms with Crippen LogP contribution in [0.5, 0.6) is 0 Å². The molecule has 2 aromatic rings. The van der Waals surface area contributed by atoms with E-state index in [1.807, 2.05) is 52.3 Å². The molecule has 1 unspecified atom stereocenters. The van der Waals surface area contributed by atoms with Gasteiger partial charge in [-0.15, -0.1) is 0 Å². The number of methoxy groups -OCH3 is 1. The van der Waals surface area contributed by atoms with Crippen molar-refractivity contribution in [2.45, 2.75) is 25.7 Å². The average molecular weight is 408 g/mol. The van der Waals surface area contributed by atoms with Crippen LogP contribution >= 0.6 is 0 Å². The second kappa shape index (κ2) is 8.86. The third kappa shape index (κ3) is 4.04. The number of hydrogen-bond donors (Lipinski definition) is 0. The molecule has 0 bridgehead atoms. The Bertz CT molecular complexity index is 944. The minimum absolute atomic E-state index is 0.00583. The highest BCUT2D eigenvalue weighted by molar-refractivity contribution is 6.07. The summed E-state index contributed by atoms with van der Waals surface area (Å²) in [5.41, 5.74) is 0.695. The lowest BCUT2D eigenvalue weighted by Crippen LogP contribution is -2.49. The molecular formula is C24H28N2O4. The first-order valence-electron chi connectivity index (χ1n) is 10.7. The van der Waals surface area contributed by atoms with Crippen LogP contribution in [-0.4, -0.2) is 60.9 Å². The predicted octanol–water partition coefficient (Wildman–Crippen LogP) is 3.10. The van der Waals surface area contributed by atoms with E-state index in [-0.39, 0.29) is 29.6 Å². The van der Waals surface area contributed by atoms with Crippen LogP contribution in [0, 0.1) is 11.8 Å². The van der Waals surface area contributed by atoms with E-state index in [0.29, 0.717) is 44.6 Å². The van der Waals surface area contributed by atoms with Crippen molar-refractivity contribution in [3.8, 4) is 0 Å². The van der Waals surface area contributed by atoms with Gasteiger partial charge in [0.05, 0.1) is 18.9 Å². The van der Waals surface area contributed by atoms with Crippen molar-refractivity contribution in [1.82, 2.24) is 9.80 Å². The van der Waals surface area contributed by atoms with Crippen LogP contribution in [0.1, 0.15) is 36.0 Å². The van der Waals surface area contributed by atoms with E-state index in [1.165, 1.54) is 7.11 Å². The van der Waals surface area contributed by atoms with Gasteiger partial charge in [-0.3, -0.25) is 14.4 Å². The second-order valence-electron chi connectivity index (χ2n) is 8.24. The molecule has 6 heteroatoms. The summed E-state index contributed by atoms with van der Waals surface area (Å²) in [5.74, 6) is -0.378. The van der Waals surface area contributed by atoms with Crippen molar-refractivity contribution < 1.29 is 19.1 Å². The molecule has 1 atom stereocenters. The number of carbonyl (C=O) groups is 3. The van der Waals surface area contributed by atoms with Crippen molar-refractivity contribution in [3.63, 3.8) is 0 Å². The van der Waals surface area contributed by atoms with E-state index >= 15 is 0 Å². The maximum absolute atomic E-state index is 13.3. The molecule has 30 heavy (non-hydrogen) atoms. The summed E-state index contributed by atoms with van der Waals surface area (Å²) < 4.78 is 4.83. The highest BCUT2D eigenvalue weighted by Gasteiger charge is 2.34. The number of piperidine rings is 2. The van der Waals surface area contributed by atoms with Crippen LogP contribution in [-0.2, 0) is 14.3 Å². The van der Waals surface area contributed by atoms with Gasteiger partial charge in [0.25, 0.3) is 5.91 Å². The number of carbonyl (C=O) groups excluding carboxylic acids is 3. The van der Waals surface area contributed by atoms with Crippen molar-refractivity contribution in [2.75, 3.05) is 33.3 Å². The summed E-state index contributed by atoms with van der Waals surface area (Å²) in [6, 6.07) is 13.7. The molecule has 0 spiro atoms. The zero-order valence-corrected chi connectivity index (χ0v) is 17.4. The number of esters is 1. The molecule has 2 saturated heterocycles. The van der Waals surface area contributed by atoms with Gasteiger partial charge in [0.2, 0.25) is 5.91 Å². The predicted molar refractivity (Wildman–Crippen MR) is 114 cm³/mol. The average Bonchev–Trinajstić information content (AvgIpc) is 2.82. The number of likely N-dealkylation sites (tertiary alicyclic amines) is 2. The summed E-state index contributed by atoms with van der Waals surface area (Å²) in [4.78, 5) is 41.8. The van der Waals surface area contributed by atoms with Crippen LogP contribution in [0.3, 0.4) is 0 Å². The maximum Gasteiger partial charge on any atom is 0.308 e. The Hall–Kier alpha value is -2.89. The molecule has 0 N–H and O–H groups in total. The highest BCUT2D eigenvalue weighted by atomic mass is 16.5. The van der Waals surface area contributed by atoms with Crippen molar-refractivity contribution in [2.24, 2.45) is 11.8 Å². The van der Waals surface area contributed by atoms with Crippen molar-refractivity contribution in [3.05, 3.63) is 48.0 Å². The number of ether oxygens (including phenoxy) is 1. The summed E-state index contributed by atoms with van der Waals surface area (Å²) in [6.45, 7) is 2.28. The molecule has 0 aromatic heterocycles. The molecule has 2 heterocycles. The van der Waals surface area contributed by atoms with Gasteiger partial charge in [0.1, 0.15) is 0 Å². The monoisotopic (exact) mass is 408 g/mol. The van der Waals surface area contributed by atoms with Crippen LogP contribution in [0.25, 0.3) is 10.8 Å². The Morgan fingerprint density at radius 1 is 0.867 bits per heavy atom. The van der Waals surface area contributed by atoms with Crippen LogP contribution in [0.4, 0.5) is 0 Å². The molecule has 2 aliphatic heterocycles. The maximum atomic E-state index is 13.3.